The summed E-state index contributed by atoms with van der Waals surface area (Å²) >= 11 is 0. The highest BCUT2D eigenvalue weighted by Gasteiger charge is 2.58. The van der Waals surface area contributed by atoms with Gasteiger partial charge < -0.3 is 43.9 Å². The van der Waals surface area contributed by atoms with Gasteiger partial charge in [-0.05, 0) is 101 Å². The van der Waals surface area contributed by atoms with Crippen molar-refractivity contribution in [1.82, 2.24) is 29.7 Å². The first kappa shape index (κ1) is 69.7. The van der Waals surface area contributed by atoms with Crippen LogP contribution in [-0.4, -0.2) is 177 Å². The highest BCUT2D eigenvalue weighted by molar-refractivity contribution is 6.07. The number of quaternary nitrogens is 3. The fourth-order valence-corrected chi connectivity index (χ4v) is 11.8. The van der Waals surface area contributed by atoms with E-state index in [-0.39, 0.29) is 88.9 Å². The lowest BCUT2D eigenvalue weighted by atomic mass is 9.97. The zero-order valence-electron chi connectivity index (χ0n) is 46.9. The number of carbonyl (C=O) groups is 9. The fourth-order valence-electron chi connectivity index (χ4n) is 11.8. The van der Waals surface area contributed by atoms with Crippen LogP contribution in [0, 0.1) is 0 Å². The van der Waals surface area contributed by atoms with Crippen LogP contribution in [0.2, 0.25) is 0 Å². The van der Waals surface area contributed by atoms with E-state index in [0.717, 1.165) is 90.1 Å². The van der Waals surface area contributed by atoms with Gasteiger partial charge in [0.2, 0.25) is 0 Å². The van der Waals surface area contributed by atoms with E-state index in [1.54, 1.807) is 0 Å². The number of aromatic nitrogens is 3. The van der Waals surface area contributed by atoms with E-state index >= 15 is 0 Å². The molecule has 6 aliphatic heterocycles. The van der Waals surface area contributed by atoms with Crippen molar-refractivity contribution in [3.05, 3.63) is 110 Å². The molecule has 0 radical (unpaired) electrons. The summed E-state index contributed by atoms with van der Waals surface area (Å²) in [6, 6.07) is 10.1. The number of nitrogens with zero attached hydrogens (tertiary/aromatic N) is 6. The lowest BCUT2D eigenvalue weighted by molar-refractivity contribution is -0.795. The number of hydrogen-bond donors (Lipinski definition) is 3. The maximum atomic E-state index is 12.7. The third kappa shape index (κ3) is 17.9. The lowest BCUT2D eigenvalue weighted by Gasteiger charge is -2.38. The molecule has 0 aliphatic carbocycles. The standard InChI is InChI=1S/C24H35N3O6.C20H27N3O3.C16H19N3O3.3CH4/c28-22-8-9-23(29)27(22)14-4-1-7-21(27)24(30)25-10-19-32-17-5-15-31-16-6-18-33-20-13-26-11-2-3-12-26;24-18-10-11-19(25)23(18)16-8-3-9-17(23)20(26)21-12-4-1-2-5-13-22-14-6-7-15-22;20-14-6-7-15(21)19(14)12-4-1-5-13(19)16(22)17-8-11-18-9-2-3-10-18;;;/h2-3,8-9,11-12,21H,1,4-7,10,13-20H2;6-7,10-11,14-15,17H,1-5,8-9,12-13,16H2;2-3,6-7,9-10,13H,1,4-5,8,11-12H2;3*1H4/p+3. The number of carbonyl (C=O) groups excluding carboxylic acids is 9. The molecular formula is C63H96N9O12+3. The monoisotopic (exact) mass is 1170 g/mol. The van der Waals surface area contributed by atoms with E-state index in [0.29, 0.717) is 105 Å². The van der Waals surface area contributed by atoms with Crippen molar-refractivity contribution in [2.45, 2.75) is 156 Å². The molecule has 3 saturated heterocycles. The van der Waals surface area contributed by atoms with Crippen LogP contribution in [0.25, 0.3) is 0 Å². The summed E-state index contributed by atoms with van der Waals surface area (Å²) in [6.45, 7) is 8.88. The Bertz CT molecular complexity index is 2610. The molecule has 0 aromatic carbocycles. The second-order valence-corrected chi connectivity index (χ2v) is 21.4. The van der Waals surface area contributed by atoms with Gasteiger partial charge in [0.1, 0.15) is 0 Å². The largest absolute Gasteiger partial charge is 0.381 e. The Balaban J connectivity index is 0.000000271. The van der Waals surface area contributed by atoms with Crippen LogP contribution < -0.4 is 16.0 Å². The van der Waals surface area contributed by atoms with Crippen molar-refractivity contribution in [3.8, 4) is 0 Å². The highest BCUT2D eigenvalue weighted by Crippen LogP contribution is 2.33. The molecule has 3 aromatic rings. The predicted molar refractivity (Wildman–Crippen MR) is 318 cm³/mol. The molecule has 3 aromatic heterocycles. The number of unbranched alkanes of at least 4 members (excludes halogenated alkanes) is 3. The van der Waals surface area contributed by atoms with E-state index in [1.165, 1.54) is 36.5 Å². The third-order valence-corrected chi connectivity index (χ3v) is 16.2. The number of piperidine rings is 3. The lowest BCUT2D eigenvalue weighted by Crippen LogP contribution is -2.66. The zero-order chi connectivity index (χ0) is 57.3. The average molecular weight is 1170 g/mol. The summed E-state index contributed by atoms with van der Waals surface area (Å²) in [4.78, 5) is 112. The van der Waals surface area contributed by atoms with Crippen LogP contribution >= 0.6 is 0 Å². The minimum Gasteiger partial charge on any atom is -0.381 e. The van der Waals surface area contributed by atoms with Gasteiger partial charge >= 0.3 is 35.4 Å². The molecule has 84 heavy (non-hydrogen) atoms. The molecule has 21 heteroatoms. The summed E-state index contributed by atoms with van der Waals surface area (Å²) < 4.78 is 21.9. The molecule has 21 nitrogen and oxygen atoms in total. The first-order valence-electron chi connectivity index (χ1n) is 29.3. The van der Waals surface area contributed by atoms with Crippen molar-refractivity contribution in [2.75, 3.05) is 78.9 Å². The van der Waals surface area contributed by atoms with E-state index in [2.05, 4.69) is 37.5 Å². The number of hydrogen-bond acceptors (Lipinski definition) is 12. The van der Waals surface area contributed by atoms with Gasteiger partial charge in [-0.15, -0.1) is 0 Å². The fraction of sp³-hybridized carbons (Fsp3) is 0.571. The SMILES string of the molecule is C.C.C.O=C(NCCCCCCn1cccc1)C1CCCC[N+]12C(=O)C=CC2=O.O=C(NCCOCCCOCCCOCCn1cccc1)C1CCCC[N+]12C(=O)C=CC2=O.O=C(NCCn1cccc1)C1CCCC[N+]12C(=O)C=CC2=O. The quantitative estimate of drug-likeness (QED) is 0.0448. The van der Waals surface area contributed by atoms with E-state index in [9.17, 15) is 43.2 Å². The molecule has 3 N–H and O–H groups in total. The molecule has 9 amide bonds. The smallest absolute Gasteiger partial charge is 0.347 e. The molecular weight excluding hydrogens is 1070 g/mol. The molecule has 3 fully saturated rings. The minimum atomic E-state index is -0.639. The highest BCUT2D eigenvalue weighted by atomic mass is 16.5. The molecule has 9 heterocycles. The number of rotatable bonds is 27. The van der Waals surface area contributed by atoms with Crippen LogP contribution in [0.3, 0.4) is 0 Å². The van der Waals surface area contributed by atoms with Gasteiger partial charge in [-0.3, -0.25) is 14.4 Å². The summed E-state index contributed by atoms with van der Waals surface area (Å²) in [6.07, 6.45) is 32.5. The van der Waals surface area contributed by atoms with Gasteiger partial charge in [0.05, 0.1) is 69.3 Å². The van der Waals surface area contributed by atoms with Crippen LogP contribution in [0.5, 0.6) is 0 Å². The summed E-state index contributed by atoms with van der Waals surface area (Å²) in [5, 5.41) is 8.66. The van der Waals surface area contributed by atoms with Crippen molar-refractivity contribution < 1.29 is 70.8 Å². The average Bonchev–Trinajstić information content (AvgIpc) is 2.24. The van der Waals surface area contributed by atoms with Gasteiger partial charge in [0.25, 0.3) is 17.7 Å². The number of aryl methyl sites for hydroxylation is 1. The van der Waals surface area contributed by atoms with E-state index in [1.807, 2.05) is 65.8 Å². The minimum absolute atomic E-state index is 0. The van der Waals surface area contributed by atoms with E-state index in [4.69, 9.17) is 14.2 Å². The van der Waals surface area contributed by atoms with Gasteiger partial charge in [0.15, 0.2) is 18.1 Å². The van der Waals surface area contributed by atoms with Gasteiger partial charge in [-0.25, -0.2) is 28.8 Å². The molecule has 6 aliphatic rings. The molecule has 3 atom stereocenters. The topological polar surface area (TPSA) is 232 Å². The molecule has 9 rings (SSSR count). The Hall–Kier alpha value is -6.75. The maximum absolute atomic E-state index is 12.7. The second-order valence-electron chi connectivity index (χ2n) is 21.4. The molecule has 0 bridgehead atoms. The number of ether oxygens (including phenoxy) is 3. The summed E-state index contributed by atoms with van der Waals surface area (Å²) in [5.74, 6) is -2.13. The zero-order valence-corrected chi connectivity index (χ0v) is 46.9. The van der Waals surface area contributed by atoms with Crippen molar-refractivity contribution in [3.63, 3.8) is 0 Å². The Morgan fingerprint density at radius 2 is 0.690 bits per heavy atom. The van der Waals surface area contributed by atoms with Crippen LogP contribution in [0.1, 0.15) is 119 Å². The van der Waals surface area contributed by atoms with Gasteiger partial charge in [-0.2, -0.15) is 13.4 Å². The predicted octanol–water partition coefficient (Wildman–Crippen LogP) is 6.09. The number of imide groups is 3. The maximum Gasteiger partial charge on any atom is 0.347 e. The normalized spacial score (nSPS) is 20.4. The first-order chi connectivity index (χ1) is 39.4. The molecule has 0 saturated carbocycles. The van der Waals surface area contributed by atoms with Crippen molar-refractivity contribution >= 4 is 53.2 Å². The Kier molecular flexibility index (Phi) is 29.5. The van der Waals surface area contributed by atoms with Gasteiger partial charge in [0, 0.05) is 122 Å². The van der Waals surface area contributed by atoms with Crippen LogP contribution in [-0.2, 0) is 77.0 Å². The van der Waals surface area contributed by atoms with Crippen LogP contribution in [0.15, 0.2) is 110 Å². The summed E-state index contributed by atoms with van der Waals surface area (Å²) in [5.41, 5.74) is 0. The summed E-state index contributed by atoms with van der Waals surface area (Å²) in [7, 11) is 0. The molecule has 462 valence electrons. The first-order valence-corrected chi connectivity index (χ1v) is 29.3. The van der Waals surface area contributed by atoms with E-state index < -0.39 is 18.1 Å². The Morgan fingerprint density at radius 1 is 0.369 bits per heavy atom. The third-order valence-electron chi connectivity index (χ3n) is 16.2. The molecule has 3 unspecified atom stereocenters. The second kappa shape index (κ2) is 35.5. The molecule has 3 spiro atoms. The van der Waals surface area contributed by atoms with Crippen molar-refractivity contribution in [2.24, 2.45) is 0 Å². The Morgan fingerprint density at radius 3 is 1.10 bits per heavy atom. The van der Waals surface area contributed by atoms with Crippen molar-refractivity contribution in [1.29, 1.82) is 0 Å². The van der Waals surface area contributed by atoms with Crippen LogP contribution in [0.4, 0.5) is 0 Å². The Labute approximate surface area is 497 Å². The number of amides is 9. The van der Waals surface area contributed by atoms with Gasteiger partial charge in [-0.1, -0.05) is 35.1 Å². The number of nitrogens with one attached hydrogen (secondary N) is 3.